The third-order valence-corrected chi connectivity index (χ3v) is 12.5. The number of carbonyl (C=O) groups excluding carboxylic acids is 3. The topological polar surface area (TPSA) is 123 Å². The lowest BCUT2D eigenvalue weighted by atomic mass is 9.54. The first-order chi connectivity index (χ1) is 28.2. The van der Waals surface area contributed by atoms with Crippen molar-refractivity contribution in [1.82, 2.24) is 4.90 Å². The van der Waals surface area contributed by atoms with E-state index in [1.54, 1.807) is 18.2 Å². The minimum atomic E-state index is -4.64. The first-order valence-corrected chi connectivity index (χ1v) is 21.8. The quantitative estimate of drug-likeness (QED) is 0.0718. The van der Waals surface area contributed by atoms with Crippen molar-refractivity contribution in [3.05, 3.63) is 76.6 Å². The Kier molecular flexibility index (Phi) is 20.3. The molecule has 60 heavy (non-hydrogen) atoms. The van der Waals surface area contributed by atoms with E-state index in [9.17, 15) is 33.0 Å². The summed E-state index contributed by atoms with van der Waals surface area (Å²) in [7, 11) is 2.01. The van der Waals surface area contributed by atoms with E-state index in [2.05, 4.69) is 11.8 Å². The molecule has 0 aromatic heterocycles. The number of ether oxygens (including phenoxy) is 3. The maximum Gasteiger partial charge on any atom is 0.446 e. The fourth-order valence-corrected chi connectivity index (χ4v) is 9.08. The van der Waals surface area contributed by atoms with Crippen molar-refractivity contribution in [3.8, 4) is 5.75 Å². The number of piperidine rings is 1. The SMILES string of the molecule is C.CCCCCCCCCCCCCCCCCC(=O)O[C@H](C(=O)OC1=CC[C@@]2(O)[C@@H](C)N(C)CC[C@@]23c2c(C)ccc(CO)c2O[C@@H]13)c1ccccc1.O=CC(F)(F)F. The highest BCUT2D eigenvalue weighted by atomic mass is 19.4. The van der Waals surface area contributed by atoms with Crippen LogP contribution in [0.15, 0.2) is 54.3 Å². The molecule has 9 nitrogen and oxygen atoms in total. The second-order valence-electron chi connectivity index (χ2n) is 16.6. The molecule has 1 fully saturated rings. The second kappa shape index (κ2) is 24.0. The molecule has 0 amide bonds. The van der Waals surface area contributed by atoms with E-state index in [1.807, 2.05) is 51.2 Å². The van der Waals surface area contributed by atoms with Gasteiger partial charge in [0.05, 0.1) is 17.6 Å². The number of fused-ring (bicyclic) bond motifs is 1. The van der Waals surface area contributed by atoms with Crippen LogP contribution in [-0.4, -0.2) is 70.9 Å². The van der Waals surface area contributed by atoms with Crippen LogP contribution in [0.1, 0.15) is 165 Å². The lowest BCUT2D eigenvalue weighted by Crippen LogP contribution is -2.71. The number of benzene rings is 2. The summed E-state index contributed by atoms with van der Waals surface area (Å²) in [6.45, 7) is 6.77. The minimum Gasteiger partial charge on any atom is -0.481 e. The molecule has 12 heteroatoms. The average Bonchev–Trinajstić information content (AvgIpc) is 3.59. The van der Waals surface area contributed by atoms with Gasteiger partial charge in [-0.2, -0.15) is 13.2 Å². The van der Waals surface area contributed by atoms with Crippen molar-refractivity contribution < 1.29 is 52.0 Å². The molecule has 336 valence electrons. The molecule has 5 atom stereocenters. The Morgan fingerprint density at radius 2 is 1.48 bits per heavy atom. The maximum absolute atomic E-state index is 14.1. The molecule has 2 heterocycles. The lowest BCUT2D eigenvalue weighted by molar-refractivity contribution is -0.173. The van der Waals surface area contributed by atoms with Crippen LogP contribution in [0, 0.1) is 6.92 Å². The van der Waals surface area contributed by atoms with Crippen LogP contribution < -0.4 is 4.74 Å². The number of aryl methyl sites for hydroxylation is 1. The molecule has 1 spiro atoms. The van der Waals surface area contributed by atoms with Crippen LogP contribution >= 0.6 is 0 Å². The van der Waals surface area contributed by atoms with Crippen molar-refractivity contribution in [3.63, 3.8) is 0 Å². The van der Waals surface area contributed by atoms with E-state index in [1.165, 1.54) is 77.0 Å². The Labute approximate surface area is 356 Å². The van der Waals surface area contributed by atoms with Gasteiger partial charge in [0.15, 0.2) is 6.10 Å². The van der Waals surface area contributed by atoms with Gasteiger partial charge in [-0.05, 0) is 51.9 Å². The first-order valence-electron chi connectivity index (χ1n) is 21.8. The Morgan fingerprint density at radius 3 is 2.02 bits per heavy atom. The number of hydrogen-bond donors (Lipinski definition) is 2. The van der Waals surface area contributed by atoms with Crippen LogP contribution in [-0.2, 0) is 35.9 Å². The summed E-state index contributed by atoms with van der Waals surface area (Å²) in [5.41, 5.74) is 0.865. The molecule has 2 N–H and O–H groups in total. The monoisotopic (exact) mass is 846 g/mol. The van der Waals surface area contributed by atoms with Crippen molar-refractivity contribution in [1.29, 1.82) is 0 Å². The number of alkyl halides is 3. The largest absolute Gasteiger partial charge is 0.481 e. The molecule has 0 bridgehead atoms. The van der Waals surface area contributed by atoms with Gasteiger partial charge in [-0.25, -0.2) is 4.79 Å². The summed E-state index contributed by atoms with van der Waals surface area (Å²) in [6.07, 6.45) is 13.8. The van der Waals surface area contributed by atoms with Crippen molar-refractivity contribution >= 4 is 18.2 Å². The third kappa shape index (κ3) is 12.7. The number of unbranched alkanes of at least 4 members (excludes halogenated alkanes) is 14. The number of likely N-dealkylation sites (N-methyl/N-ethyl adjacent to an activating group) is 1. The molecule has 2 aromatic rings. The summed E-state index contributed by atoms with van der Waals surface area (Å²) in [5, 5.41) is 22.8. The van der Waals surface area contributed by atoms with Crippen LogP contribution in [0.3, 0.4) is 0 Å². The molecule has 1 aliphatic carbocycles. The number of esters is 2. The molecular weight excluding hydrogens is 776 g/mol. The van der Waals surface area contributed by atoms with E-state index in [0.717, 1.165) is 24.0 Å². The van der Waals surface area contributed by atoms with Gasteiger partial charge < -0.3 is 29.3 Å². The number of hydrogen-bond acceptors (Lipinski definition) is 9. The number of aliphatic hydroxyl groups is 2. The molecule has 5 rings (SSSR count). The predicted octanol–water partition coefficient (Wildman–Crippen LogP) is 10.7. The zero-order valence-corrected chi connectivity index (χ0v) is 35.5. The zero-order valence-electron chi connectivity index (χ0n) is 35.5. The van der Waals surface area contributed by atoms with Gasteiger partial charge in [0.1, 0.15) is 11.5 Å². The predicted molar refractivity (Wildman–Crippen MR) is 227 cm³/mol. The van der Waals surface area contributed by atoms with Gasteiger partial charge in [-0.3, -0.25) is 9.59 Å². The number of aldehydes is 1. The molecule has 0 unspecified atom stereocenters. The van der Waals surface area contributed by atoms with Crippen molar-refractivity contribution in [2.24, 2.45) is 0 Å². The summed E-state index contributed by atoms with van der Waals surface area (Å²) >= 11 is 0. The van der Waals surface area contributed by atoms with Crippen LogP contribution in [0.4, 0.5) is 13.2 Å². The van der Waals surface area contributed by atoms with E-state index in [0.29, 0.717) is 42.0 Å². The standard InChI is InChI=1S/C45H65NO7.C2HF3O.CH4/c1-5-6-7-8-9-10-11-12-13-14-15-16-17-18-22-25-38(48)52-41(35-23-20-19-21-24-35)43(49)51-37-28-29-45(50)34(3)46(4)31-30-44(45)39-33(2)26-27-36(32-47)40(39)53-42(37)44;3-2(4,5)1-6;/h19-21,23-24,26-28,34,41-42,47,50H,5-18,22,25,29-32H2,1-4H3;1H;1H4/t34-,41+,42+,44+,45-;;/m1../s1. The Morgan fingerprint density at radius 1 is 0.933 bits per heavy atom. The Balaban J connectivity index is 0.00000128. The number of rotatable bonds is 21. The molecule has 0 radical (unpaired) electrons. The molecule has 0 saturated carbocycles. The highest BCUT2D eigenvalue weighted by Gasteiger charge is 2.69. The average molecular weight is 846 g/mol. The highest BCUT2D eigenvalue weighted by Crippen LogP contribution is 2.61. The lowest BCUT2D eigenvalue weighted by Gasteiger charge is -2.58. The second-order valence-corrected chi connectivity index (χ2v) is 16.6. The fraction of sp³-hybridized carbons (Fsp3) is 0.646. The van der Waals surface area contributed by atoms with Gasteiger partial charge in [-0.15, -0.1) is 0 Å². The number of halogens is 3. The smallest absolute Gasteiger partial charge is 0.446 e. The summed E-state index contributed by atoms with van der Waals surface area (Å²) in [6, 6.07) is 12.6. The van der Waals surface area contributed by atoms with Gasteiger partial charge in [-0.1, -0.05) is 147 Å². The highest BCUT2D eigenvalue weighted by molar-refractivity contribution is 5.81. The number of likely N-dealkylation sites (tertiary alicyclic amines) is 1. The molecule has 3 aliphatic rings. The van der Waals surface area contributed by atoms with Gasteiger partial charge in [0.2, 0.25) is 12.4 Å². The van der Waals surface area contributed by atoms with E-state index in [4.69, 9.17) is 19.0 Å². The molecule has 1 saturated heterocycles. The third-order valence-electron chi connectivity index (χ3n) is 12.5. The number of carbonyl (C=O) groups is 3. The zero-order chi connectivity index (χ0) is 43.1. The van der Waals surface area contributed by atoms with E-state index in [-0.39, 0.29) is 32.9 Å². The summed E-state index contributed by atoms with van der Waals surface area (Å²) < 4.78 is 50.0. The van der Waals surface area contributed by atoms with Crippen LogP contribution in [0.25, 0.3) is 0 Å². The summed E-state index contributed by atoms with van der Waals surface area (Å²) in [5.74, 6) is -0.278. The van der Waals surface area contributed by atoms with Crippen LogP contribution in [0.2, 0.25) is 0 Å². The fourth-order valence-electron chi connectivity index (χ4n) is 9.08. The molecular formula is C48H70F3NO8. The summed E-state index contributed by atoms with van der Waals surface area (Å²) in [4.78, 5) is 38.1. The van der Waals surface area contributed by atoms with Gasteiger partial charge >= 0.3 is 18.1 Å². The number of aliphatic hydroxyl groups excluding tert-OH is 1. The number of nitrogens with zero attached hydrogens (tertiary/aromatic N) is 1. The van der Waals surface area contributed by atoms with E-state index < -0.39 is 47.6 Å². The van der Waals surface area contributed by atoms with Crippen LogP contribution in [0.5, 0.6) is 5.75 Å². The Hall–Kier alpha value is -3.74. The molecule has 2 aliphatic heterocycles. The minimum absolute atomic E-state index is 0. The van der Waals surface area contributed by atoms with E-state index >= 15 is 0 Å². The maximum atomic E-state index is 14.1. The molecule has 2 aromatic carbocycles. The van der Waals surface area contributed by atoms with Gasteiger partial charge in [0.25, 0.3) is 0 Å². The normalized spacial score (nSPS) is 22.3. The Bertz CT molecular complexity index is 1680. The first kappa shape index (κ1) is 50.6. The van der Waals surface area contributed by atoms with Crippen molar-refractivity contribution in [2.75, 3.05) is 13.6 Å². The van der Waals surface area contributed by atoms with Gasteiger partial charge in [0, 0.05) is 35.6 Å². The van der Waals surface area contributed by atoms with Crippen molar-refractivity contribution in [2.45, 2.75) is 186 Å².